The maximum absolute atomic E-state index is 12.8. The molecule has 1 aromatic carbocycles. The molecular formula is C20H21N3O9S. The van der Waals surface area contributed by atoms with Crippen molar-refractivity contribution in [2.75, 3.05) is 19.2 Å². The first kappa shape index (κ1) is 23.9. The van der Waals surface area contributed by atoms with Crippen LogP contribution in [0.4, 0.5) is 9.59 Å². The number of carbonyl (C=O) groups is 5. The average molecular weight is 479 g/mol. The van der Waals surface area contributed by atoms with Gasteiger partial charge in [0.15, 0.2) is 0 Å². The summed E-state index contributed by atoms with van der Waals surface area (Å²) in [5.74, 6) is -1.64. The van der Waals surface area contributed by atoms with Crippen LogP contribution in [0.3, 0.4) is 0 Å². The molecular weight excluding hydrogens is 458 g/mol. The minimum Gasteiger partial charge on any atom is -0.445 e. The molecule has 3 N–H and O–H groups in total. The van der Waals surface area contributed by atoms with Crippen LogP contribution in [-0.2, 0) is 28.6 Å². The molecule has 1 aromatic rings. The molecule has 1 saturated heterocycles. The van der Waals surface area contributed by atoms with Crippen molar-refractivity contribution in [3.8, 4) is 5.75 Å². The lowest BCUT2D eigenvalue weighted by atomic mass is 10.0. The van der Waals surface area contributed by atoms with Crippen LogP contribution < -0.4 is 15.8 Å². The van der Waals surface area contributed by atoms with Crippen LogP contribution in [0.2, 0.25) is 0 Å². The molecule has 176 valence electrons. The predicted molar refractivity (Wildman–Crippen MR) is 112 cm³/mol. The van der Waals surface area contributed by atoms with E-state index in [4.69, 9.17) is 24.7 Å². The summed E-state index contributed by atoms with van der Waals surface area (Å²) in [5.41, 5.74) is 5.12. The summed E-state index contributed by atoms with van der Waals surface area (Å²) < 4.78 is 19.6. The van der Waals surface area contributed by atoms with Crippen molar-refractivity contribution in [3.05, 3.63) is 41.6 Å². The summed E-state index contributed by atoms with van der Waals surface area (Å²) in [6.45, 7) is 0.583. The number of nitrogens with zero attached hydrogens (tertiary/aromatic N) is 1. The molecule has 12 nitrogen and oxygen atoms in total. The monoisotopic (exact) mass is 479 g/mol. The third kappa shape index (κ3) is 5.74. The van der Waals surface area contributed by atoms with Gasteiger partial charge in [-0.15, -0.1) is 11.8 Å². The lowest BCUT2D eigenvalue weighted by Gasteiger charge is -2.49. The second-order valence-corrected chi connectivity index (χ2v) is 7.82. The van der Waals surface area contributed by atoms with Gasteiger partial charge in [0, 0.05) is 17.7 Å². The highest BCUT2D eigenvalue weighted by atomic mass is 32.2. The maximum atomic E-state index is 12.8. The van der Waals surface area contributed by atoms with E-state index in [-0.39, 0.29) is 30.1 Å². The molecule has 0 aromatic heterocycles. The highest BCUT2D eigenvalue weighted by Crippen LogP contribution is 2.40. The van der Waals surface area contributed by atoms with Gasteiger partial charge >= 0.3 is 24.1 Å². The highest BCUT2D eigenvalue weighted by Gasteiger charge is 2.54. The van der Waals surface area contributed by atoms with Crippen LogP contribution in [-0.4, -0.2) is 65.5 Å². The Labute approximate surface area is 192 Å². The van der Waals surface area contributed by atoms with Crippen LogP contribution in [0.1, 0.15) is 13.3 Å². The number of thioether (sulfide) groups is 1. The SMILES string of the molecule is CCC(=O)OCOC(=O)C1=C(COC(N)=O)CS[C@@H]2[C@H](NC(=O)Oc3ccccc3)C(=O)N12. The van der Waals surface area contributed by atoms with Gasteiger partial charge in [-0.05, 0) is 12.1 Å². The first-order chi connectivity index (χ1) is 15.8. The molecule has 0 bridgehead atoms. The quantitative estimate of drug-likeness (QED) is 0.310. The van der Waals surface area contributed by atoms with Crippen molar-refractivity contribution < 1.29 is 42.9 Å². The number of benzene rings is 1. The zero-order valence-electron chi connectivity index (χ0n) is 17.5. The Balaban J connectivity index is 1.70. The molecule has 13 heteroatoms. The maximum Gasteiger partial charge on any atom is 0.413 e. The summed E-state index contributed by atoms with van der Waals surface area (Å²) >= 11 is 1.24. The number of hydrogen-bond acceptors (Lipinski definition) is 10. The molecule has 2 heterocycles. The zero-order valence-corrected chi connectivity index (χ0v) is 18.3. The van der Waals surface area contributed by atoms with E-state index in [1.165, 1.54) is 11.8 Å². The van der Waals surface area contributed by atoms with Crippen molar-refractivity contribution in [1.29, 1.82) is 0 Å². The summed E-state index contributed by atoms with van der Waals surface area (Å²) in [6, 6.07) is 7.34. The number of carbonyl (C=O) groups excluding carboxylic acids is 5. The fourth-order valence-electron chi connectivity index (χ4n) is 3.01. The van der Waals surface area contributed by atoms with Gasteiger partial charge in [0.1, 0.15) is 29.5 Å². The lowest BCUT2D eigenvalue weighted by Crippen LogP contribution is -2.71. The largest absolute Gasteiger partial charge is 0.445 e. The van der Waals surface area contributed by atoms with Gasteiger partial charge in [-0.1, -0.05) is 25.1 Å². The minimum atomic E-state index is -1.06. The Hall–Kier alpha value is -3.74. The van der Waals surface area contributed by atoms with Gasteiger partial charge in [0.05, 0.1) is 0 Å². The van der Waals surface area contributed by atoms with E-state index in [0.717, 1.165) is 4.90 Å². The number of fused-ring (bicyclic) bond motifs is 1. The molecule has 0 unspecified atom stereocenters. The number of amides is 3. The second kappa shape index (κ2) is 10.7. The van der Waals surface area contributed by atoms with Gasteiger partial charge in [0.2, 0.25) is 6.79 Å². The van der Waals surface area contributed by atoms with E-state index in [2.05, 4.69) is 5.32 Å². The van der Waals surface area contributed by atoms with E-state index in [0.29, 0.717) is 5.75 Å². The first-order valence-corrected chi connectivity index (χ1v) is 10.8. The van der Waals surface area contributed by atoms with Crippen molar-refractivity contribution in [2.24, 2.45) is 5.73 Å². The van der Waals surface area contributed by atoms with Gasteiger partial charge < -0.3 is 30.0 Å². The summed E-state index contributed by atoms with van der Waals surface area (Å²) in [4.78, 5) is 61.0. The summed E-state index contributed by atoms with van der Waals surface area (Å²) in [5, 5.41) is 1.86. The number of primary amides is 1. The van der Waals surface area contributed by atoms with E-state index >= 15 is 0 Å². The van der Waals surface area contributed by atoms with Crippen LogP contribution in [0.25, 0.3) is 0 Å². The van der Waals surface area contributed by atoms with Crippen LogP contribution in [0.15, 0.2) is 41.6 Å². The predicted octanol–water partition coefficient (Wildman–Crippen LogP) is 0.862. The van der Waals surface area contributed by atoms with E-state index in [9.17, 15) is 24.0 Å². The van der Waals surface area contributed by atoms with Gasteiger partial charge in [-0.3, -0.25) is 14.5 Å². The van der Waals surface area contributed by atoms with Crippen molar-refractivity contribution in [2.45, 2.75) is 24.8 Å². The molecule has 2 atom stereocenters. The van der Waals surface area contributed by atoms with E-state index in [1.807, 2.05) is 0 Å². The second-order valence-electron chi connectivity index (χ2n) is 6.71. The third-order valence-corrected chi connectivity index (χ3v) is 5.89. The Kier molecular flexibility index (Phi) is 7.77. The highest BCUT2D eigenvalue weighted by molar-refractivity contribution is 8.00. The Morgan fingerprint density at radius 1 is 1.15 bits per heavy atom. The van der Waals surface area contributed by atoms with Gasteiger partial charge in [-0.25, -0.2) is 14.4 Å². The third-order valence-electron chi connectivity index (χ3n) is 4.55. The molecule has 3 amide bonds. The topological polar surface area (TPSA) is 164 Å². The fourth-order valence-corrected chi connectivity index (χ4v) is 4.34. The number of esters is 2. The molecule has 0 saturated carbocycles. The first-order valence-electron chi connectivity index (χ1n) is 9.76. The number of nitrogens with one attached hydrogen (secondary N) is 1. The Morgan fingerprint density at radius 2 is 1.88 bits per heavy atom. The molecule has 3 rings (SSSR count). The number of ether oxygens (including phenoxy) is 4. The molecule has 2 aliphatic heterocycles. The smallest absolute Gasteiger partial charge is 0.413 e. The average Bonchev–Trinajstić information content (AvgIpc) is 2.80. The summed E-state index contributed by atoms with van der Waals surface area (Å²) in [6.07, 6.45) is -1.80. The summed E-state index contributed by atoms with van der Waals surface area (Å²) in [7, 11) is 0. The number of rotatable bonds is 8. The zero-order chi connectivity index (χ0) is 24.0. The molecule has 2 aliphatic rings. The number of para-hydroxylation sites is 1. The number of β-lactam (4-membered cyclic amide) rings is 1. The number of nitrogens with two attached hydrogens (primary N) is 1. The van der Waals surface area contributed by atoms with Gasteiger partial charge in [0.25, 0.3) is 5.91 Å². The standard InChI is InChI=1S/C20H21N3O9S/c1-2-13(24)30-10-31-18(26)15-11(8-29-19(21)27)9-33-17-14(16(25)23(15)17)22-20(28)32-12-6-4-3-5-7-12/h3-7,14,17H,2,8-10H2,1H3,(H2,21,27)(H,22,28)/t14-,17-/m1/s1. The fraction of sp³-hybridized carbons (Fsp3) is 0.350. The van der Waals surface area contributed by atoms with Gasteiger partial charge in [-0.2, -0.15) is 0 Å². The van der Waals surface area contributed by atoms with E-state index in [1.54, 1.807) is 37.3 Å². The van der Waals surface area contributed by atoms with Crippen molar-refractivity contribution in [1.82, 2.24) is 10.2 Å². The lowest BCUT2D eigenvalue weighted by molar-refractivity contribution is -0.167. The Bertz CT molecular complexity index is 982. The molecule has 0 spiro atoms. The van der Waals surface area contributed by atoms with Crippen LogP contribution in [0, 0.1) is 0 Å². The van der Waals surface area contributed by atoms with E-state index < -0.39 is 48.2 Å². The van der Waals surface area contributed by atoms with Crippen molar-refractivity contribution >= 4 is 41.8 Å². The molecule has 0 aliphatic carbocycles. The van der Waals surface area contributed by atoms with Crippen LogP contribution >= 0.6 is 11.8 Å². The molecule has 0 radical (unpaired) electrons. The minimum absolute atomic E-state index is 0.0910. The normalized spacial score (nSPS) is 19.1. The Morgan fingerprint density at radius 3 is 2.55 bits per heavy atom. The molecule has 33 heavy (non-hydrogen) atoms. The van der Waals surface area contributed by atoms with Crippen molar-refractivity contribution in [3.63, 3.8) is 0 Å². The number of hydrogen-bond donors (Lipinski definition) is 2. The molecule has 1 fully saturated rings. The van der Waals surface area contributed by atoms with Crippen LogP contribution in [0.5, 0.6) is 5.75 Å².